The second-order valence-corrected chi connectivity index (χ2v) is 5.75. The fourth-order valence-electron chi connectivity index (χ4n) is 2.52. The summed E-state index contributed by atoms with van der Waals surface area (Å²) in [7, 11) is 0. The molecule has 0 saturated carbocycles. The molecule has 3 aromatic rings. The van der Waals surface area contributed by atoms with Gasteiger partial charge < -0.3 is 10.4 Å². The number of aryl methyl sites for hydroxylation is 1. The number of pyridine rings is 1. The molecule has 0 unspecified atom stereocenters. The van der Waals surface area contributed by atoms with Crippen LogP contribution in [0, 0.1) is 12.7 Å². The molecule has 0 atom stereocenters. The number of halogens is 1. The molecule has 0 radical (unpaired) electrons. The highest BCUT2D eigenvalue weighted by molar-refractivity contribution is 5.66. The Morgan fingerprint density at radius 1 is 0.958 bits per heavy atom. The standard InChI is InChI=1S/C20H19FN2O/c1-14-8-16(4-7-20(14)21)10-23-19-9-18(11-22-12-19)17-5-2-15(13-24)3-6-17/h2-9,11-12,23-24H,10,13H2,1H3. The van der Waals surface area contributed by atoms with E-state index in [4.69, 9.17) is 5.11 Å². The average molecular weight is 322 g/mol. The maximum absolute atomic E-state index is 13.3. The van der Waals surface area contributed by atoms with Crippen LogP contribution in [-0.4, -0.2) is 10.1 Å². The van der Waals surface area contributed by atoms with Gasteiger partial charge in [0.1, 0.15) is 5.82 Å². The predicted molar refractivity (Wildman–Crippen MR) is 94.1 cm³/mol. The molecule has 0 aliphatic rings. The third kappa shape index (κ3) is 3.78. The fraction of sp³-hybridized carbons (Fsp3) is 0.150. The zero-order chi connectivity index (χ0) is 16.9. The molecule has 2 aromatic carbocycles. The first-order valence-corrected chi connectivity index (χ1v) is 7.80. The van der Waals surface area contributed by atoms with Crippen molar-refractivity contribution in [2.75, 3.05) is 5.32 Å². The molecule has 0 spiro atoms. The van der Waals surface area contributed by atoms with Gasteiger partial charge in [-0.3, -0.25) is 4.98 Å². The number of aromatic nitrogens is 1. The molecule has 24 heavy (non-hydrogen) atoms. The Kier molecular flexibility index (Phi) is 4.87. The zero-order valence-electron chi connectivity index (χ0n) is 13.5. The summed E-state index contributed by atoms with van der Waals surface area (Å²) >= 11 is 0. The molecule has 1 heterocycles. The van der Waals surface area contributed by atoms with Gasteiger partial charge in [-0.05, 0) is 41.3 Å². The smallest absolute Gasteiger partial charge is 0.126 e. The summed E-state index contributed by atoms with van der Waals surface area (Å²) in [4.78, 5) is 4.28. The van der Waals surface area contributed by atoms with E-state index < -0.39 is 0 Å². The minimum absolute atomic E-state index is 0.0389. The first kappa shape index (κ1) is 16.1. The molecule has 2 N–H and O–H groups in total. The third-order valence-corrected chi connectivity index (χ3v) is 3.93. The number of hydrogen-bond donors (Lipinski definition) is 2. The molecule has 3 nitrogen and oxygen atoms in total. The first-order chi connectivity index (χ1) is 11.7. The van der Waals surface area contributed by atoms with E-state index in [1.54, 1.807) is 25.4 Å². The molecular formula is C20H19FN2O. The van der Waals surface area contributed by atoms with Crippen LogP contribution < -0.4 is 5.32 Å². The van der Waals surface area contributed by atoms with Gasteiger partial charge in [0.25, 0.3) is 0 Å². The van der Waals surface area contributed by atoms with Crippen LogP contribution in [0.3, 0.4) is 0 Å². The Morgan fingerprint density at radius 3 is 2.42 bits per heavy atom. The Hall–Kier alpha value is -2.72. The van der Waals surface area contributed by atoms with Crippen LogP contribution in [0.2, 0.25) is 0 Å². The van der Waals surface area contributed by atoms with Crippen molar-refractivity contribution in [2.24, 2.45) is 0 Å². The van der Waals surface area contributed by atoms with E-state index in [9.17, 15) is 4.39 Å². The molecule has 1 aromatic heterocycles. The Bertz CT molecular complexity index is 831. The molecule has 122 valence electrons. The van der Waals surface area contributed by atoms with Gasteiger partial charge in [0.2, 0.25) is 0 Å². The fourth-order valence-corrected chi connectivity index (χ4v) is 2.52. The number of rotatable bonds is 5. The summed E-state index contributed by atoms with van der Waals surface area (Å²) < 4.78 is 13.3. The van der Waals surface area contributed by atoms with Crippen LogP contribution in [0.25, 0.3) is 11.1 Å². The normalized spacial score (nSPS) is 10.6. The number of nitrogens with one attached hydrogen (secondary N) is 1. The lowest BCUT2D eigenvalue weighted by Crippen LogP contribution is -2.01. The third-order valence-electron chi connectivity index (χ3n) is 3.93. The number of aliphatic hydroxyl groups excluding tert-OH is 1. The summed E-state index contributed by atoms with van der Waals surface area (Å²) in [5.74, 6) is -0.186. The van der Waals surface area contributed by atoms with E-state index in [-0.39, 0.29) is 12.4 Å². The van der Waals surface area contributed by atoms with Gasteiger partial charge in [0, 0.05) is 24.5 Å². The highest BCUT2D eigenvalue weighted by Gasteiger charge is 2.02. The molecule has 0 aliphatic heterocycles. The van der Waals surface area contributed by atoms with Crippen molar-refractivity contribution in [3.05, 3.63) is 83.4 Å². The van der Waals surface area contributed by atoms with Crippen LogP contribution in [0.1, 0.15) is 16.7 Å². The highest BCUT2D eigenvalue weighted by Crippen LogP contribution is 2.22. The number of hydrogen-bond acceptors (Lipinski definition) is 3. The zero-order valence-corrected chi connectivity index (χ0v) is 13.5. The highest BCUT2D eigenvalue weighted by atomic mass is 19.1. The van der Waals surface area contributed by atoms with E-state index >= 15 is 0 Å². The van der Waals surface area contributed by atoms with Crippen LogP contribution in [0.15, 0.2) is 60.9 Å². The van der Waals surface area contributed by atoms with Gasteiger partial charge >= 0.3 is 0 Å². The van der Waals surface area contributed by atoms with Crippen molar-refractivity contribution >= 4 is 5.69 Å². The molecule has 0 saturated heterocycles. The molecule has 0 fully saturated rings. The van der Waals surface area contributed by atoms with E-state index in [1.807, 2.05) is 36.4 Å². The first-order valence-electron chi connectivity index (χ1n) is 7.80. The van der Waals surface area contributed by atoms with Crippen molar-refractivity contribution in [3.8, 4) is 11.1 Å². The topological polar surface area (TPSA) is 45.2 Å². The monoisotopic (exact) mass is 322 g/mol. The molecule has 0 bridgehead atoms. The predicted octanol–water partition coefficient (Wildman–Crippen LogP) is 4.30. The van der Waals surface area contributed by atoms with Gasteiger partial charge in [-0.15, -0.1) is 0 Å². The minimum Gasteiger partial charge on any atom is -0.392 e. The minimum atomic E-state index is -0.186. The largest absolute Gasteiger partial charge is 0.392 e. The Labute approximate surface area is 140 Å². The second-order valence-electron chi connectivity index (χ2n) is 5.75. The Morgan fingerprint density at radius 2 is 1.71 bits per heavy atom. The number of nitrogens with zero attached hydrogens (tertiary/aromatic N) is 1. The summed E-state index contributed by atoms with van der Waals surface area (Å²) in [6.07, 6.45) is 3.57. The summed E-state index contributed by atoms with van der Waals surface area (Å²) in [6.45, 7) is 2.41. The maximum atomic E-state index is 13.3. The quantitative estimate of drug-likeness (QED) is 0.736. The second kappa shape index (κ2) is 7.23. The van der Waals surface area contributed by atoms with Gasteiger partial charge in [0.15, 0.2) is 0 Å². The van der Waals surface area contributed by atoms with E-state index in [1.165, 1.54) is 6.07 Å². The molecule has 3 rings (SSSR count). The summed E-state index contributed by atoms with van der Waals surface area (Å²) in [5.41, 5.74) is 5.49. The number of benzene rings is 2. The molecule has 0 aliphatic carbocycles. The summed E-state index contributed by atoms with van der Waals surface area (Å²) in [6, 6.07) is 14.9. The number of anilines is 1. The van der Waals surface area contributed by atoms with E-state index in [0.717, 1.165) is 27.9 Å². The van der Waals surface area contributed by atoms with Crippen LogP contribution in [0.5, 0.6) is 0 Å². The Balaban J connectivity index is 1.73. The van der Waals surface area contributed by atoms with Crippen molar-refractivity contribution in [2.45, 2.75) is 20.1 Å². The lowest BCUT2D eigenvalue weighted by molar-refractivity contribution is 0.282. The van der Waals surface area contributed by atoms with Crippen molar-refractivity contribution < 1.29 is 9.50 Å². The van der Waals surface area contributed by atoms with Gasteiger partial charge in [-0.1, -0.05) is 36.4 Å². The van der Waals surface area contributed by atoms with E-state index in [0.29, 0.717) is 12.1 Å². The van der Waals surface area contributed by atoms with Gasteiger partial charge in [0.05, 0.1) is 12.3 Å². The maximum Gasteiger partial charge on any atom is 0.126 e. The van der Waals surface area contributed by atoms with Crippen molar-refractivity contribution in [1.29, 1.82) is 0 Å². The van der Waals surface area contributed by atoms with Crippen molar-refractivity contribution in [1.82, 2.24) is 4.98 Å². The molecule has 4 heteroatoms. The lowest BCUT2D eigenvalue weighted by atomic mass is 10.1. The lowest BCUT2D eigenvalue weighted by Gasteiger charge is -2.09. The number of aliphatic hydroxyl groups is 1. The van der Waals surface area contributed by atoms with E-state index in [2.05, 4.69) is 10.3 Å². The van der Waals surface area contributed by atoms with Gasteiger partial charge in [-0.2, -0.15) is 0 Å². The van der Waals surface area contributed by atoms with Crippen LogP contribution >= 0.6 is 0 Å². The molecule has 0 amide bonds. The van der Waals surface area contributed by atoms with Crippen LogP contribution in [0.4, 0.5) is 10.1 Å². The van der Waals surface area contributed by atoms with Gasteiger partial charge in [-0.25, -0.2) is 4.39 Å². The van der Waals surface area contributed by atoms with Crippen molar-refractivity contribution in [3.63, 3.8) is 0 Å². The van der Waals surface area contributed by atoms with Crippen LogP contribution in [-0.2, 0) is 13.2 Å². The SMILES string of the molecule is Cc1cc(CNc2cncc(-c3ccc(CO)cc3)c2)ccc1F. The summed E-state index contributed by atoms with van der Waals surface area (Å²) in [5, 5.41) is 12.4. The average Bonchev–Trinajstić information content (AvgIpc) is 2.63. The molecular weight excluding hydrogens is 303 g/mol.